The SMILES string of the molecule is CNC[C@@H](O)COc1ccc(Cl)c(-c2nc(-c3c(C)noc3C)c(C)c(N3C[C@@H]4C[C@H]3CN4CC(F)F)n2)c1. The van der Waals surface area contributed by atoms with E-state index in [4.69, 9.17) is 30.8 Å². The fraction of sp³-hybridized carbons (Fsp3) is 0.519. The van der Waals surface area contributed by atoms with Gasteiger partial charge in [0.05, 0.1) is 28.5 Å². The Bertz CT molecular complexity index is 1320. The molecule has 0 saturated carbocycles. The molecular weight excluding hydrogens is 530 g/mol. The number of piperazine rings is 1. The van der Waals surface area contributed by atoms with Crippen LogP contribution in [0.3, 0.4) is 0 Å². The molecule has 2 bridgehead atoms. The summed E-state index contributed by atoms with van der Waals surface area (Å²) in [6.45, 7) is 7.14. The lowest BCUT2D eigenvalue weighted by atomic mass is 10.0. The molecule has 3 aromatic rings. The lowest BCUT2D eigenvalue weighted by molar-refractivity contribution is 0.0790. The van der Waals surface area contributed by atoms with Crippen molar-refractivity contribution in [1.82, 2.24) is 25.3 Å². The van der Waals surface area contributed by atoms with Gasteiger partial charge < -0.3 is 24.6 Å². The van der Waals surface area contributed by atoms with E-state index >= 15 is 0 Å². The number of nitrogens with one attached hydrogen (secondary N) is 1. The van der Waals surface area contributed by atoms with Gasteiger partial charge in [-0.05, 0) is 52.4 Å². The Kier molecular flexibility index (Phi) is 8.04. The molecule has 4 heterocycles. The first-order valence-corrected chi connectivity index (χ1v) is 13.4. The standard InChI is InChI=1S/C27H33ClF2N6O3/c1-14-25(24-15(2)34-39-16(24)3)32-26(21-8-20(5-6-22(21)28)38-13-19(37)9-31-4)33-27(14)36-11-17-7-18(36)10-35(17)12-23(29)30/h5-6,8,17-19,23,31,37H,7,9-13H2,1-4H3/t17-,18-,19+/m0/s1. The van der Waals surface area contributed by atoms with Crippen LogP contribution in [0.4, 0.5) is 14.6 Å². The van der Waals surface area contributed by atoms with Crippen LogP contribution < -0.4 is 15.0 Å². The molecule has 1 aromatic carbocycles. The van der Waals surface area contributed by atoms with Gasteiger partial charge >= 0.3 is 0 Å². The maximum absolute atomic E-state index is 13.1. The number of aryl methyl sites for hydroxylation is 2. The van der Waals surface area contributed by atoms with Crippen molar-refractivity contribution >= 4 is 17.4 Å². The maximum atomic E-state index is 13.1. The van der Waals surface area contributed by atoms with Crippen LogP contribution in [0.2, 0.25) is 5.02 Å². The van der Waals surface area contributed by atoms with Crippen LogP contribution in [0.5, 0.6) is 5.75 Å². The largest absolute Gasteiger partial charge is 0.491 e. The molecule has 0 amide bonds. The summed E-state index contributed by atoms with van der Waals surface area (Å²) in [5, 5.41) is 17.5. The second kappa shape index (κ2) is 11.3. The zero-order valence-corrected chi connectivity index (χ0v) is 23.2. The molecule has 0 unspecified atom stereocenters. The second-order valence-corrected chi connectivity index (χ2v) is 10.7. The molecule has 0 spiro atoms. The van der Waals surface area contributed by atoms with Gasteiger partial charge in [-0.25, -0.2) is 18.7 Å². The molecule has 2 aromatic heterocycles. The van der Waals surface area contributed by atoms with Gasteiger partial charge in [0.15, 0.2) is 5.82 Å². The number of likely N-dealkylation sites (tertiary alicyclic amines) is 1. The molecule has 0 radical (unpaired) electrons. The highest BCUT2D eigenvalue weighted by molar-refractivity contribution is 6.33. The number of hydrogen-bond acceptors (Lipinski definition) is 9. The minimum absolute atomic E-state index is 0.0497. The third-order valence-corrected chi connectivity index (χ3v) is 7.78. The summed E-state index contributed by atoms with van der Waals surface area (Å²) in [4.78, 5) is 14.0. The van der Waals surface area contributed by atoms with Gasteiger partial charge in [0.2, 0.25) is 0 Å². The topological polar surface area (TPSA) is 99.8 Å². The van der Waals surface area contributed by atoms with Gasteiger partial charge in [-0.1, -0.05) is 16.8 Å². The minimum atomic E-state index is -2.35. The maximum Gasteiger partial charge on any atom is 0.251 e. The van der Waals surface area contributed by atoms with E-state index in [1.807, 2.05) is 25.7 Å². The zero-order valence-electron chi connectivity index (χ0n) is 22.4. The van der Waals surface area contributed by atoms with Crippen molar-refractivity contribution in [3.8, 4) is 28.4 Å². The number of alkyl halides is 2. The van der Waals surface area contributed by atoms with Gasteiger partial charge in [0.1, 0.15) is 30.0 Å². The highest BCUT2D eigenvalue weighted by atomic mass is 35.5. The van der Waals surface area contributed by atoms with Crippen LogP contribution in [0.15, 0.2) is 22.7 Å². The first-order valence-electron chi connectivity index (χ1n) is 13.0. The number of benzene rings is 1. The smallest absolute Gasteiger partial charge is 0.251 e. The number of nitrogens with zero attached hydrogens (tertiary/aromatic N) is 5. The van der Waals surface area contributed by atoms with Crippen molar-refractivity contribution in [1.29, 1.82) is 0 Å². The molecule has 5 rings (SSSR count). The van der Waals surface area contributed by atoms with E-state index in [0.29, 0.717) is 58.9 Å². The molecule has 39 heavy (non-hydrogen) atoms. The summed E-state index contributed by atoms with van der Waals surface area (Å²) in [6.07, 6.45) is -2.21. The van der Waals surface area contributed by atoms with Crippen molar-refractivity contribution in [2.45, 2.75) is 51.8 Å². The molecule has 9 nitrogen and oxygen atoms in total. The normalized spacial score (nSPS) is 19.9. The van der Waals surface area contributed by atoms with Crippen LogP contribution >= 0.6 is 11.6 Å². The number of anilines is 1. The average molecular weight is 563 g/mol. The lowest BCUT2D eigenvalue weighted by Crippen LogP contribution is -2.48. The number of halogens is 3. The van der Waals surface area contributed by atoms with Crippen LogP contribution in [0, 0.1) is 20.8 Å². The van der Waals surface area contributed by atoms with E-state index in [2.05, 4.69) is 15.4 Å². The number of aromatic nitrogens is 3. The summed E-state index contributed by atoms with van der Waals surface area (Å²) in [5.74, 6) is 2.31. The van der Waals surface area contributed by atoms with Gasteiger partial charge in [0, 0.05) is 42.8 Å². The highest BCUT2D eigenvalue weighted by Crippen LogP contribution is 2.41. The third kappa shape index (κ3) is 5.58. The monoisotopic (exact) mass is 562 g/mol. The molecule has 2 aliphatic heterocycles. The molecule has 3 atom stereocenters. The Balaban J connectivity index is 1.55. The average Bonchev–Trinajstić information content (AvgIpc) is 3.58. The van der Waals surface area contributed by atoms with Gasteiger partial charge in [0.25, 0.3) is 6.43 Å². The van der Waals surface area contributed by atoms with E-state index in [0.717, 1.165) is 23.4 Å². The van der Waals surface area contributed by atoms with Crippen LogP contribution in [-0.2, 0) is 0 Å². The van der Waals surface area contributed by atoms with Gasteiger partial charge in [-0.3, -0.25) is 4.90 Å². The highest BCUT2D eigenvalue weighted by Gasteiger charge is 2.45. The Hall–Kier alpha value is -2.86. The fourth-order valence-electron chi connectivity index (χ4n) is 5.63. The van der Waals surface area contributed by atoms with E-state index in [1.54, 1.807) is 25.2 Å². The van der Waals surface area contributed by atoms with Crippen LogP contribution in [-0.4, -0.2) is 89.6 Å². The van der Waals surface area contributed by atoms with Crippen molar-refractivity contribution in [2.75, 3.05) is 44.7 Å². The molecule has 12 heteroatoms. The number of rotatable bonds is 10. The van der Waals surface area contributed by atoms with Crippen molar-refractivity contribution in [3.63, 3.8) is 0 Å². The molecular formula is C27H33ClF2N6O3. The number of aliphatic hydroxyl groups excluding tert-OH is 1. The lowest BCUT2D eigenvalue weighted by Gasteiger charge is -2.35. The number of likely N-dealkylation sites (N-methyl/N-ethyl adjacent to an activating group) is 1. The molecule has 0 aliphatic carbocycles. The molecule has 210 valence electrons. The predicted molar refractivity (Wildman–Crippen MR) is 145 cm³/mol. The number of hydrogen-bond donors (Lipinski definition) is 2. The van der Waals surface area contributed by atoms with E-state index in [1.165, 1.54) is 0 Å². The van der Waals surface area contributed by atoms with E-state index < -0.39 is 12.5 Å². The first kappa shape index (κ1) is 27.7. The van der Waals surface area contributed by atoms with Crippen LogP contribution in [0.25, 0.3) is 22.6 Å². The van der Waals surface area contributed by atoms with Gasteiger partial charge in [-0.2, -0.15) is 0 Å². The molecule has 2 N–H and O–H groups in total. The van der Waals surface area contributed by atoms with E-state index in [-0.39, 0.29) is 25.2 Å². The summed E-state index contributed by atoms with van der Waals surface area (Å²) >= 11 is 6.65. The number of ether oxygens (including phenoxy) is 1. The molecule has 2 fully saturated rings. The van der Waals surface area contributed by atoms with Gasteiger partial charge in [-0.15, -0.1) is 0 Å². The minimum Gasteiger partial charge on any atom is -0.491 e. The summed E-state index contributed by atoms with van der Waals surface area (Å²) in [7, 11) is 1.76. The van der Waals surface area contributed by atoms with Crippen molar-refractivity contribution in [3.05, 3.63) is 40.2 Å². The zero-order chi connectivity index (χ0) is 27.8. The number of aliphatic hydroxyl groups is 1. The fourth-order valence-corrected chi connectivity index (χ4v) is 5.83. The Morgan fingerprint density at radius 1 is 1.21 bits per heavy atom. The van der Waals surface area contributed by atoms with E-state index in [9.17, 15) is 13.9 Å². The third-order valence-electron chi connectivity index (χ3n) is 7.45. The summed E-state index contributed by atoms with van der Waals surface area (Å²) in [5.41, 5.74) is 3.62. The summed E-state index contributed by atoms with van der Waals surface area (Å²) < 4.78 is 37.5. The number of fused-ring (bicyclic) bond motifs is 2. The predicted octanol–water partition coefficient (Wildman–Crippen LogP) is 3.86. The second-order valence-electron chi connectivity index (χ2n) is 10.2. The Labute approximate surface area is 231 Å². The van der Waals surface area contributed by atoms with Crippen LogP contribution in [0.1, 0.15) is 23.4 Å². The quantitative estimate of drug-likeness (QED) is 0.381. The van der Waals surface area contributed by atoms with Crippen molar-refractivity contribution in [2.24, 2.45) is 0 Å². The first-order chi connectivity index (χ1) is 18.7. The Morgan fingerprint density at radius 3 is 2.64 bits per heavy atom. The summed E-state index contributed by atoms with van der Waals surface area (Å²) in [6, 6.07) is 5.34. The Morgan fingerprint density at radius 2 is 2.00 bits per heavy atom. The molecule has 2 saturated heterocycles. The molecule has 2 aliphatic rings. The van der Waals surface area contributed by atoms with Crippen molar-refractivity contribution < 1.29 is 23.1 Å².